The molecule has 1 fully saturated rings. The largest absolute Gasteiger partial charge is 0.444 e. The summed E-state index contributed by atoms with van der Waals surface area (Å²) in [5, 5.41) is 0. The average Bonchev–Trinajstić information content (AvgIpc) is 2.75. The molecule has 0 spiro atoms. The summed E-state index contributed by atoms with van der Waals surface area (Å²) in [6.45, 7) is 5.50. The Morgan fingerprint density at radius 1 is 1.12 bits per heavy atom. The molecule has 2 bridgehead atoms. The quantitative estimate of drug-likeness (QED) is 0.689. The van der Waals surface area contributed by atoms with Gasteiger partial charge in [0.05, 0.1) is 11.6 Å². The summed E-state index contributed by atoms with van der Waals surface area (Å²) in [7, 11) is 0. The second-order valence-electron chi connectivity index (χ2n) is 7.66. The van der Waals surface area contributed by atoms with Crippen LogP contribution in [0.3, 0.4) is 0 Å². The lowest BCUT2D eigenvalue weighted by Gasteiger charge is -2.35. The first-order valence-electron chi connectivity index (χ1n) is 8.44. The molecule has 3 nitrogen and oxygen atoms in total. The number of carbonyl (C=O) groups excluding carboxylic acids is 1. The molecule has 1 aromatic rings. The van der Waals surface area contributed by atoms with Gasteiger partial charge in [0.25, 0.3) is 0 Å². The fraction of sp³-hybridized carbons (Fsp3) is 0.526. The number of fused-ring (bicyclic) bond motifs is 2. The third-order valence-electron chi connectivity index (χ3n) is 4.58. The molecule has 0 radical (unpaired) electrons. The Balaban J connectivity index is 1.79. The number of alkyl halides is 3. The molecule has 3 rings (SSSR count). The van der Waals surface area contributed by atoms with Gasteiger partial charge in [-0.15, -0.1) is 0 Å². The molecule has 6 heteroatoms. The first-order valence-corrected chi connectivity index (χ1v) is 8.44. The van der Waals surface area contributed by atoms with Crippen molar-refractivity contribution in [2.24, 2.45) is 0 Å². The number of carbonyl (C=O) groups is 1. The molecule has 0 aliphatic carbocycles. The first kappa shape index (κ1) is 17.8. The van der Waals surface area contributed by atoms with Crippen molar-refractivity contribution in [2.75, 3.05) is 0 Å². The number of amides is 1. The van der Waals surface area contributed by atoms with E-state index in [2.05, 4.69) is 0 Å². The van der Waals surface area contributed by atoms with E-state index >= 15 is 0 Å². The average molecular weight is 353 g/mol. The van der Waals surface area contributed by atoms with Gasteiger partial charge in [0.1, 0.15) is 5.60 Å². The molecule has 1 amide bonds. The Morgan fingerprint density at radius 3 is 2.28 bits per heavy atom. The summed E-state index contributed by atoms with van der Waals surface area (Å²) in [5.74, 6) is 0. The zero-order valence-corrected chi connectivity index (χ0v) is 14.6. The molecule has 136 valence electrons. The maximum Gasteiger partial charge on any atom is 0.416 e. The van der Waals surface area contributed by atoms with E-state index in [9.17, 15) is 18.0 Å². The van der Waals surface area contributed by atoms with Crippen LogP contribution in [0.25, 0.3) is 5.57 Å². The van der Waals surface area contributed by atoms with E-state index in [0.717, 1.165) is 36.1 Å². The highest BCUT2D eigenvalue weighted by Gasteiger charge is 2.41. The number of ether oxygens (including phenoxy) is 1. The molecule has 0 saturated carbocycles. The molecule has 1 aromatic carbocycles. The topological polar surface area (TPSA) is 29.5 Å². The number of hydrogen-bond donors (Lipinski definition) is 0. The molecule has 2 heterocycles. The number of hydrogen-bond acceptors (Lipinski definition) is 2. The van der Waals surface area contributed by atoms with Crippen LogP contribution in [-0.4, -0.2) is 28.7 Å². The maximum absolute atomic E-state index is 12.7. The summed E-state index contributed by atoms with van der Waals surface area (Å²) in [6.07, 6.45) is -0.274. The molecule has 0 aromatic heterocycles. The van der Waals surface area contributed by atoms with Crippen molar-refractivity contribution in [1.29, 1.82) is 0 Å². The van der Waals surface area contributed by atoms with Crippen molar-refractivity contribution in [1.82, 2.24) is 4.90 Å². The lowest BCUT2D eigenvalue weighted by molar-refractivity contribution is -0.137. The van der Waals surface area contributed by atoms with Gasteiger partial charge in [-0.2, -0.15) is 13.2 Å². The zero-order chi connectivity index (χ0) is 18.4. The smallest absolute Gasteiger partial charge is 0.416 e. The second kappa shape index (κ2) is 6.07. The number of halogens is 3. The Bertz CT molecular complexity index is 686. The molecular formula is C19H22F3NO2. The standard InChI is InChI=1S/C19H22F3NO2/c1-18(2,3)25-17(24)23-15-8-9-16(23)11-13(10-15)12-4-6-14(7-5-12)19(20,21)22/h4-7,10,15-16H,8-9,11H2,1-3H3. The normalized spacial score (nSPS) is 23.4. The summed E-state index contributed by atoms with van der Waals surface area (Å²) in [6, 6.07) is 5.23. The van der Waals surface area contributed by atoms with Gasteiger partial charge < -0.3 is 4.74 Å². The summed E-state index contributed by atoms with van der Waals surface area (Å²) >= 11 is 0. The van der Waals surface area contributed by atoms with Gasteiger partial charge >= 0.3 is 12.3 Å². The highest BCUT2D eigenvalue weighted by Crippen LogP contribution is 2.40. The van der Waals surface area contributed by atoms with Crippen LogP contribution in [0.2, 0.25) is 0 Å². The third kappa shape index (κ3) is 3.83. The number of rotatable bonds is 1. The molecule has 2 aliphatic heterocycles. The van der Waals surface area contributed by atoms with E-state index in [1.165, 1.54) is 12.1 Å². The van der Waals surface area contributed by atoms with Crippen LogP contribution in [0.4, 0.5) is 18.0 Å². The molecule has 2 atom stereocenters. The van der Waals surface area contributed by atoms with Gasteiger partial charge in [-0.3, -0.25) is 4.90 Å². The minimum absolute atomic E-state index is 0.0437. The molecule has 2 unspecified atom stereocenters. The predicted molar refractivity (Wildman–Crippen MR) is 88.9 cm³/mol. The molecule has 0 N–H and O–H groups in total. The second-order valence-corrected chi connectivity index (χ2v) is 7.66. The van der Waals surface area contributed by atoms with Crippen LogP contribution in [0, 0.1) is 0 Å². The fourth-order valence-electron chi connectivity index (χ4n) is 3.52. The van der Waals surface area contributed by atoms with Crippen LogP contribution in [0.1, 0.15) is 51.2 Å². The van der Waals surface area contributed by atoms with E-state index in [4.69, 9.17) is 4.74 Å². The van der Waals surface area contributed by atoms with E-state index in [1.807, 2.05) is 26.8 Å². The van der Waals surface area contributed by atoms with Gasteiger partial charge in [0.2, 0.25) is 0 Å². The fourth-order valence-corrected chi connectivity index (χ4v) is 3.52. The summed E-state index contributed by atoms with van der Waals surface area (Å²) in [4.78, 5) is 14.2. The van der Waals surface area contributed by atoms with Gasteiger partial charge in [0, 0.05) is 6.04 Å². The highest BCUT2D eigenvalue weighted by atomic mass is 19.4. The number of benzene rings is 1. The van der Waals surface area contributed by atoms with Crippen LogP contribution in [0.15, 0.2) is 30.3 Å². The molecule has 25 heavy (non-hydrogen) atoms. The Labute approximate surface area is 145 Å². The SMILES string of the molecule is CC(C)(C)OC(=O)N1C2C=C(c3ccc(C(F)(F)F)cc3)CC1CC2. The minimum atomic E-state index is -4.33. The summed E-state index contributed by atoms with van der Waals surface area (Å²) in [5.41, 5.74) is 0.592. The first-order chi connectivity index (χ1) is 11.5. The minimum Gasteiger partial charge on any atom is -0.444 e. The van der Waals surface area contributed by atoms with Crippen LogP contribution < -0.4 is 0 Å². The Kier molecular flexibility index (Phi) is 4.33. The van der Waals surface area contributed by atoms with Crippen molar-refractivity contribution in [3.63, 3.8) is 0 Å². The number of nitrogens with zero attached hydrogens (tertiary/aromatic N) is 1. The van der Waals surface area contributed by atoms with Crippen molar-refractivity contribution in [3.8, 4) is 0 Å². The van der Waals surface area contributed by atoms with Gasteiger partial charge in [0.15, 0.2) is 0 Å². The highest BCUT2D eigenvalue weighted by molar-refractivity contribution is 5.75. The lowest BCUT2D eigenvalue weighted by Crippen LogP contribution is -2.45. The van der Waals surface area contributed by atoms with Crippen molar-refractivity contribution in [3.05, 3.63) is 41.5 Å². The van der Waals surface area contributed by atoms with E-state index < -0.39 is 17.3 Å². The Morgan fingerprint density at radius 2 is 1.76 bits per heavy atom. The van der Waals surface area contributed by atoms with Gasteiger partial charge in [-0.05, 0) is 63.3 Å². The summed E-state index contributed by atoms with van der Waals surface area (Å²) < 4.78 is 43.6. The van der Waals surface area contributed by atoms with Gasteiger partial charge in [-0.25, -0.2) is 4.79 Å². The van der Waals surface area contributed by atoms with Crippen molar-refractivity contribution < 1.29 is 22.7 Å². The van der Waals surface area contributed by atoms with Crippen molar-refractivity contribution >= 4 is 11.7 Å². The van der Waals surface area contributed by atoms with Crippen LogP contribution in [-0.2, 0) is 10.9 Å². The van der Waals surface area contributed by atoms with Crippen LogP contribution in [0.5, 0.6) is 0 Å². The molecular weight excluding hydrogens is 331 g/mol. The monoisotopic (exact) mass is 353 g/mol. The van der Waals surface area contributed by atoms with E-state index in [-0.39, 0.29) is 18.2 Å². The molecule has 1 saturated heterocycles. The predicted octanol–water partition coefficient (Wildman–Crippen LogP) is 5.26. The zero-order valence-electron chi connectivity index (χ0n) is 14.6. The van der Waals surface area contributed by atoms with E-state index in [1.54, 1.807) is 4.90 Å². The Hall–Kier alpha value is -1.98. The lowest BCUT2D eigenvalue weighted by atomic mass is 9.94. The van der Waals surface area contributed by atoms with E-state index in [0.29, 0.717) is 6.42 Å². The third-order valence-corrected chi connectivity index (χ3v) is 4.58. The van der Waals surface area contributed by atoms with Crippen LogP contribution >= 0.6 is 0 Å². The maximum atomic E-state index is 12.7. The molecule has 2 aliphatic rings. The van der Waals surface area contributed by atoms with Crippen molar-refractivity contribution in [2.45, 2.75) is 63.9 Å². The van der Waals surface area contributed by atoms with Gasteiger partial charge in [-0.1, -0.05) is 18.2 Å².